The molecular formula is C11H18N2. The smallest absolute Gasteiger partial charge is 0.0662 e. The Balaban J connectivity index is 3.19. The summed E-state index contributed by atoms with van der Waals surface area (Å²) < 4.78 is 0. The van der Waals surface area contributed by atoms with Crippen molar-refractivity contribution >= 4 is 5.69 Å². The molecule has 0 radical (unpaired) electrons. The van der Waals surface area contributed by atoms with E-state index in [2.05, 4.69) is 50.8 Å². The first kappa shape index (κ1) is 10.0. The molecule has 1 aromatic heterocycles. The highest BCUT2D eigenvalue weighted by Gasteiger charge is 2.09. The molecule has 0 bridgehead atoms. The zero-order valence-electron chi connectivity index (χ0n) is 9.13. The molecule has 0 aromatic carbocycles. The topological polar surface area (TPSA) is 16.1 Å². The molecular weight excluding hydrogens is 160 g/mol. The molecule has 0 aliphatic rings. The summed E-state index contributed by atoms with van der Waals surface area (Å²) in [6.07, 6.45) is 1.93. The molecule has 0 saturated carbocycles. The maximum absolute atomic E-state index is 4.46. The van der Waals surface area contributed by atoms with E-state index in [1.165, 1.54) is 16.9 Å². The van der Waals surface area contributed by atoms with Crippen molar-refractivity contribution in [2.45, 2.75) is 26.7 Å². The van der Waals surface area contributed by atoms with E-state index in [0.717, 1.165) is 0 Å². The molecule has 0 N–H and O–H groups in total. The molecule has 13 heavy (non-hydrogen) atoms. The van der Waals surface area contributed by atoms with E-state index in [1.807, 2.05) is 6.20 Å². The zero-order chi connectivity index (χ0) is 10.0. The Morgan fingerprint density at radius 2 is 1.92 bits per heavy atom. The van der Waals surface area contributed by atoms with Gasteiger partial charge in [-0.1, -0.05) is 13.8 Å². The van der Waals surface area contributed by atoms with Gasteiger partial charge in [0.2, 0.25) is 0 Å². The number of hydrogen-bond acceptors (Lipinski definition) is 2. The summed E-state index contributed by atoms with van der Waals surface area (Å²) in [6, 6.07) is 2.18. The lowest BCUT2D eigenvalue weighted by Gasteiger charge is -2.19. The predicted molar refractivity (Wildman–Crippen MR) is 57.4 cm³/mol. The molecule has 2 heteroatoms. The molecule has 0 saturated heterocycles. The van der Waals surface area contributed by atoms with Gasteiger partial charge in [0, 0.05) is 20.3 Å². The minimum Gasteiger partial charge on any atom is -0.376 e. The van der Waals surface area contributed by atoms with Crippen LogP contribution in [0.3, 0.4) is 0 Å². The van der Waals surface area contributed by atoms with Crippen LogP contribution < -0.4 is 4.90 Å². The van der Waals surface area contributed by atoms with Crippen molar-refractivity contribution in [1.29, 1.82) is 0 Å². The summed E-state index contributed by atoms with van der Waals surface area (Å²) in [5.41, 5.74) is 3.62. The minimum atomic E-state index is 0.484. The van der Waals surface area contributed by atoms with Crippen LogP contribution >= 0.6 is 0 Å². The van der Waals surface area contributed by atoms with Crippen LogP contribution in [0.4, 0.5) is 5.69 Å². The number of pyridine rings is 1. The molecule has 1 heterocycles. The summed E-state index contributed by atoms with van der Waals surface area (Å²) in [5, 5.41) is 0. The SMILES string of the molecule is Cc1cnc(C(C)C)c(N(C)C)c1. The van der Waals surface area contributed by atoms with Crippen LogP contribution in [0.5, 0.6) is 0 Å². The molecule has 0 aliphatic carbocycles. The molecule has 0 amide bonds. The number of aromatic nitrogens is 1. The predicted octanol–water partition coefficient (Wildman–Crippen LogP) is 2.58. The van der Waals surface area contributed by atoms with E-state index in [1.54, 1.807) is 0 Å². The van der Waals surface area contributed by atoms with Gasteiger partial charge in [-0.25, -0.2) is 0 Å². The first-order valence-electron chi connectivity index (χ1n) is 4.66. The Hall–Kier alpha value is -1.05. The van der Waals surface area contributed by atoms with Crippen LogP contribution in [0.15, 0.2) is 12.3 Å². The highest BCUT2D eigenvalue weighted by molar-refractivity contribution is 5.52. The van der Waals surface area contributed by atoms with Crippen molar-refractivity contribution in [2.75, 3.05) is 19.0 Å². The molecule has 0 aliphatic heterocycles. The molecule has 0 atom stereocenters. The first-order valence-corrected chi connectivity index (χ1v) is 4.66. The molecule has 1 aromatic rings. The van der Waals surface area contributed by atoms with E-state index in [-0.39, 0.29) is 0 Å². The fourth-order valence-corrected chi connectivity index (χ4v) is 1.37. The summed E-state index contributed by atoms with van der Waals surface area (Å²) in [7, 11) is 4.12. The third kappa shape index (κ3) is 2.20. The van der Waals surface area contributed by atoms with Crippen molar-refractivity contribution in [3.05, 3.63) is 23.5 Å². The average Bonchev–Trinajstić information content (AvgIpc) is 2.03. The summed E-state index contributed by atoms with van der Waals surface area (Å²) in [4.78, 5) is 6.58. The van der Waals surface area contributed by atoms with Crippen LogP contribution in [-0.2, 0) is 0 Å². The Labute approximate surface area is 80.6 Å². The summed E-state index contributed by atoms with van der Waals surface area (Å²) in [5.74, 6) is 0.484. The van der Waals surface area contributed by atoms with Crippen molar-refractivity contribution in [3.8, 4) is 0 Å². The summed E-state index contributed by atoms with van der Waals surface area (Å²) >= 11 is 0. The quantitative estimate of drug-likeness (QED) is 0.692. The van der Waals surface area contributed by atoms with Gasteiger partial charge in [-0.3, -0.25) is 4.98 Å². The number of aryl methyl sites for hydroxylation is 1. The Morgan fingerprint density at radius 1 is 1.31 bits per heavy atom. The molecule has 0 spiro atoms. The highest BCUT2D eigenvalue weighted by Crippen LogP contribution is 2.24. The van der Waals surface area contributed by atoms with Crippen LogP contribution in [0.2, 0.25) is 0 Å². The van der Waals surface area contributed by atoms with Crippen LogP contribution in [0, 0.1) is 6.92 Å². The average molecular weight is 178 g/mol. The number of anilines is 1. The Kier molecular flexibility index (Phi) is 2.91. The van der Waals surface area contributed by atoms with E-state index >= 15 is 0 Å². The maximum Gasteiger partial charge on any atom is 0.0662 e. The number of nitrogens with zero attached hydrogens (tertiary/aromatic N) is 2. The second kappa shape index (κ2) is 3.77. The molecule has 0 unspecified atom stereocenters. The minimum absolute atomic E-state index is 0.484. The van der Waals surface area contributed by atoms with E-state index in [0.29, 0.717) is 5.92 Å². The van der Waals surface area contributed by atoms with Crippen molar-refractivity contribution in [1.82, 2.24) is 4.98 Å². The van der Waals surface area contributed by atoms with Gasteiger partial charge in [0.05, 0.1) is 11.4 Å². The lowest BCUT2D eigenvalue weighted by Crippen LogP contribution is -2.13. The standard InChI is InChI=1S/C11H18N2/c1-8(2)11-10(13(4)5)6-9(3)7-12-11/h6-8H,1-5H3. The summed E-state index contributed by atoms with van der Waals surface area (Å²) in [6.45, 7) is 6.42. The second-order valence-corrected chi connectivity index (χ2v) is 3.97. The van der Waals surface area contributed by atoms with Crippen LogP contribution in [-0.4, -0.2) is 19.1 Å². The monoisotopic (exact) mass is 178 g/mol. The fourth-order valence-electron chi connectivity index (χ4n) is 1.37. The Morgan fingerprint density at radius 3 is 2.38 bits per heavy atom. The fraction of sp³-hybridized carbons (Fsp3) is 0.545. The number of hydrogen-bond donors (Lipinski definition) is 0. The second-order valence-electron chi connectivity index (χ2n) is 3.97. The van der Waals surface area contributed by atoms with Gasteiger partial charge in [0.25, 0.3) is 0 Å². The molecule has 1 rings (SSSR count). The van der Waals surface area contributed by atoms with E-state index < -0.39 is 0 Å². The van der Waals surface area contributed by atoms with Gasteiger partial charge >= 0.3 is 0 Å². The number of rotatable bonds is 2. The first-order chi connectivity index (χ1) is 6.02. The van der Waals surface area contributed by atoms with E-state index in [9.17, 15) is 0 Å². The van der Waals surface area contributed by atoms with Crippen molar-refractivity contribution < 1.29 is 0 Å². The zero-order valence-corrected chi connectivity index (χ0v) is 9.13. The van der Waals surface area contributed by atoms with Crippen LogP contribution in [0.1, 0.15) is 31.0 Å². The highest BCUT2D eigenvalue weighted by atomic mass is 15.1. The lowest BCUT2D eigenvalue weighted by atomic mass is 10.1. The molecule has 2 nitrogen and oxygen atoms in total. The van der Waals surface area contributed by atoms with Gasteiger partial charge in [0.15, 0.2) is 0 Å². The third-order valence-electron chi connectivity index (χ3n) is 2.06. The molecule has 0 fully saturated rings. The van der Waals surface area contributed by atoms with Gasteiger partial charge in [-0.2, -0.15) is 0 Å². The normalized spacial score (nSPS) is 10.6. The third-order valence-corrected chi connectivity index (χ3v) is 2.06. The van der Waals surface area contributed by atoms with Gasteiger partial charge in [-0.15, -0.1) is 0 Å². The maximum atomic E-state index is 4.46. The van der Waals surface area contributed by atoms with Crippen molar-refractivity contribution in [2.24, 2.45) is 0 Å². The van der Waals surface area contributed by atoms with E-state index in [4.69, 9.17) is 0 Å². The van der Waals surface area contributed by atoms with Gasteiger partial charge in [0.1, 0.15) is 0 Å². The van der Waals surface area contributed by atoms with Crippen molar-refractivity contribution in [3.63, 3.8) is 0 Å². The largest absolute Gasteiger partial charge is 0.376 e. The molecule has 72 valence electrons. The Bertz CT molecular complexity index is 290. The van der Waals surface area contributed by atoms with Gasteiger partial charge < -0.3 is 4.90 Å². The lowest BCUT2D eigenvalue weighted by molar-refractivity contribution is 0.813. The van der Waals surface area contributed by atoms with Gasteiger partial charge in [-0.05, 0) is 24.5 Å². The van der Waals surface area contributed by atoms with Crippen LogP contribution in [0.25, 0.3) is 0 Å².